The van der Waals surface area contributed by atoms with Gasteiger partial charge in [0.05, 0.1) is 0 Å². The molecule has 0 amide bonds. The fourth-order valence-corrected chi connectivity index (χ4v) is 3.04. The Kier molecular flexibility index (Phi) is 8.92. The van der Waals surface area contributed by atoms with Crippen LogP contribution in [-0.2, 0) is 9.47 Å². The third-order valence-corrected chi connectivity index (χ3v) is 4.56. The van der Waals surface area contributed by atoms with Crippen molar-refractivity contribution in [2.45, 2.75) is 64.6 Å². The Hall–Kier alpha value is -2.43. The Morgan fingerprint density at radius 1 is 0.821 bits per heavy atom. The molecule has 0 aliphatic carbocycles. The molecular weight excluding hydrogens is 362 g/mol. The second kappa shape index (κ2) is 11.4. The first-order valence-corrected chi connectivity index (χ1v) is 9.91. The fraction of sp³-hybridized carbons (Fsp3) is 0.435. The van der Waals surface area contributed by atoms with Crippen LogP contribution in [0.25, 0.3) is 0 Å². The molecule has 2 rings (SSSR count). The summed E-state index contributed by atoms with van der Waals surface area (Å²) in [5.41, 5.74) is 1.20. The molecule has 2 aromatic rings. The highest BCUT2D eigenvalue weighted by atomic mass is 19.1. The van der Waals surface area contributed by atoms with E-state index in [-0.39, 0.29) is 11.6 Å². The standard InChI is InChI=1S/C23H28F2O3/c1-3-5-13-21(17-9-7-11-19(24)15-17)27-23(26)28-22(14-6-4-2)18-10-8-12-20(25)16-18/h7-12,15-16,21-22H,3-6,13-14H2,1-2H3. The molecule has 0 bridgehead atoms. The first kappa shape index (κ1) is 21.9. The summed E-state index contributed by atoms with van der Waals surface area (Å²) in [4.78, 5) is 12.5. The molecule has 152 valence electrons. The van der Waals surface area contributed by atoms with Crippen molar-refractivity contribution in [3.05, 3.63) is 71.3 Å². The van der Waals surface area contributed by atoms with E-state index in [2.05, 4.69) is 0 Å². The van der Waals surface area contributed by atoms with Gasteiger partial charge in [-0.3, -0.25) is 0 Å². The van der Waals surface area contributed by atoms with Crippen molar-refractivity contribution in [2.24, 2.45) is 0 Å². The number of rotatable bonds is 10. The van der Waals surface area contributed by atoms with Crippen LogP contribution in [0.5, 0.6) is 0 Å². The van der Waals surface area contributed by atoms with Gasteiger partial charge in [-0.15, -0.1) is 0 Å². The molecule has 2 unspecified atom stereocenters. The van der Waals surface area contributed by atoms with Crippen LogP contribution in [0.15, 0.2) is 48.5 Å². The van der Waals surface area contributed by atoms with Crippen LogP contribution in [0.1, 0.15) is 75.7 Å². The Labute approximate surface area is 165 Å². The van der Waals surface area contributed by atoms with Crippen molar-refractivity contribution in [1.82, 2.24) is 0 Å². The molecule has 28 heavy (non-hydrogen) atoms. The number of ether oxygens (including phenoxy) is 2. The van der Waals surface area contributed by atoms with Gasteiger partial charge < -0.3 is 9.47 Å². The van der Waals surface area contributed by atoms with E-state index in [1.807, 2.05) is 13.8 Å². The number of carbonyl (C=O) groups excluding carboxylic acids is 1. The number of hydrogen-bond donors (Lipinski definition) is 0. The number of carbonyl (C=O) groups is 1. The molecular formula is C23H28F2O3. The second-order valence-electron chi connectivity index (χ2n) is 6.86. The minimum absolute atomic E-state index is 0.378. The molecule has 3 nitrogen and oxygen atoms in total. The van der Waals surface area contributed by atoms with Gasteiger partial charge in [0.2, 0.25) is 0 Å². The fourth-order valence-electron chi connectivity index (χ4n) is 3.04. The van der Waals surface area contributed by atoms with Crippen molar-refractivity contribution in [3.8, 4) is 0 Å². The van der Waals surface area contributed by atoms with Gasteiger partial charge in [0.15, 0.2) is 0 Å². The maximum absolute atomic E-state index is 13.6. The molecule has 0 aliphatic heterocycles. The van der Waals surface area contributed by atoms with Crippen LogP contribution in [0.3, 0.4) is 0 Å². The van der Waals surface area contributed by atoms with E-state index < -0.39 is 18.4 Å². The van der Waals surface area contributed by atoms with Crippen molar-refractivity contribution in [3.63, 3.8) is 0 Å². The largest absolute Gasteiger partial charge is 0.509 e. The maximum atomic E-state index is 13.6. The van der Waals surface area contributed by atoms with Crippen LogP contribution in [-0.4, -0.2) is 6.16 Å². The highest BCUT2D eigenvalue weighted by molar-refractivity contribution is 5.61. The molecule has 0 radical (unpaired) electrons. The monoisotopic (exact) mass is 390 g/mol. The van der Waals surface area contributed by atoms with Crippen molar-refractivity contribution >= 4 is 6.16 Å². The van der Waals surface area contributed by atoms with Gasteiger partial charge in [-0.25, -0.2) is 13.6 Å². The van der Waals surface area contributed by atoms with Crippen molar-refractivity contribution < 1.29 is 23.0 Å². The molecule has 0 heterocycles. The van der Waals surface area contributed by atoms with Crippen LogP contribution in [0.2, 0.25) is 0 Å². The normalized spacial score (nSPS) is 13.0. The Morgan fingerprint density at radius 3 is 1.61 bits per heavy atom. The molecule has 2 aromatic carbocycles. The first-order valence-electron chi connectivity index (χ1n) is 9.91. The lowest BCUT2D eigenvalue weighted by molar-refractivity contribution is -0.00864. The van der Waals surface area contributed by atoms with Crippen molar-refractivity contribution in [2.75, 3.05) is 0 Å². The molecule has 5 heteroatoms. The predicted octanol–water partition coefficient (Wildman–Crippen LogP) is 7.28. The van der Waals surface area contributed by atoms with Crippen LogP contribution >= 0.6 is 0 Å². The zero-order chi connectivity index (χ0) is 20.4. The molecule has 0 N–H and O–H groups in total. The molecule has 0 aliphatic rings. The van der Waals surface area contributed by atoms with Gasteiger partial charge in [-0.05, 0) is 61.1 Å². The molecule has 0 saturated carbocycles. The van der Waals surface area contributed by atoms with Gasteiger partial charge in [0.1, 0.15) is 23.8 Å². The first-order chi connectivity index (χ1) is 13.5. The third kappa shape index (κ3) is 6.95. The molecule has 0 fully saturated rings. The summed E-state index contributed by atoms with van der Waals surface area (Å²) in [5, 5.41) is 0. The summed E-state index contributed by atoms with van der Waals surface area (Å²) in [7, 11) is 0. The summed E-state index contributed by atoms with van der Waals surface area (Å²) in [6.07, 6.45) is 2.68. The molecule has 2 atom stereocenters. The van der Waals surface area contributed by atoms with Gasteiger partial charge in [-0.2, -0.15) is 0 Å². The highest BCUT2D eigenvalue weighted by Crippen LogP contribution is 2.28. The van der Waals surface area contributed by atoms with Gasteiger partial charge in [0.25, 0.3) is 0 Å². The van der Waals surface area contributed by atoms with Crippen molar-refractivity contribution in [1.29, 1.82) is 0 Å². The SMILES string of the molecule is CCCCC(OC(=O)OC(CCCC)c1cccc(F)c1)c1cccc(F)c1. The number of benzene rings is 2. The summed E-state index contributed by atoms with van der Waals surface area (Å²) in [6.45, 7) is 4.07. The Bertz CT molecular complexity index is 687. The van der Waals surface area contributed by atoms with Gasteiger partial charge in [-0.1, -0.05) is 51.0 Å². The lowest BCUT2D eigenvalue weighted by atomic mass is 10.0. The smallest absolute Gasteiger partial charge is 0.426 e. The van der Waals surface area contributed by atoms with Gasteiger partial charge >= 0.3 is 6.16 Å². The zero-order valence-corrected chi connectivity index (χ0v) is 16.5. The van der Waals surface area contributed by atoms with Crippen LogP contribution < -0.4 is 0 Å². The van der Waals surface area contributed by atoms with E-state index in [1.165, 1.54) is 24.3 Å². The number of unbranched alkanes of at least 4 members (excludes halogenated alkanes) is 2. The second-order valence-corrected chi connectivity index (χ2v) is 6.86. The van der Waals surface area contributed by atoms with E-state index in [0.29, 0.717) is 24.0 Å². The molecule has 0 aromatic heterocycles. The topological polar surface area (TPSA) is 35.5 Å². The minimum atomic E-state index is -0.823. The summed E-state index contributed by atoms with van der Waals surface area (Å²) >= 11 is 0. The quantitative estimate of drug-likeness (QED) is 0.400. The van der Waals surface area contributed by atoms with Crippen LogP contribution in [0, 0.1) is 11.6 Å². The average molecular weight is 390 g/mol. The molecule has 0 spiro atoms. The van der Waals surface area contributed by atoms with E-state index in [0.717, 1.165) is 25.7 Å². The summed E-state index contributed by atoms with van der Waals surface area (Å²) in [5.74, 6) is -0.756. The van der Waals surface area contributed by atoms with E-state index in [4.69, 9.17) is 9.47 Å². The van der Waals surface area contributed by atoms with Crippen LogP contribution in [0.4, 0.5) is 13.6 Å². The highest BCUT2D eigenvalue weighted by Gasteiger charge is 2.22. The van der Waals surface area contributed by atoms with E-state index in [9.17, 15) is 13.6 Å². The van der Waals surface area contributed by atoms with E-state index in [1.54, 1.807) is 24.3 Å². The maximum Gasteiger partial charge on any atom is 0.509 e. The third-order valence-electron chi connectivity index (χ3n) is 4.56. The number of hydrogen-bond acceptors (Lipinski definition) is 3. The predicted molar refractivity (Wildman–Crippen MR) is 105 cm³/mol. The van der Waals surface area contributed by atoms with E-state index >= 15 is 0 Å². The minimum Gasteiger partial charge on any atom is -0.426 e. The summed E-state index contributed by atoms with van der Waals surface area (Å²) < 4.78 is 38.2. The average Bonchev–Trinajstić information content (AvgIpc) is 2.68. The Balaban J connectivity index is 2.11. The Morgan fingerprint density at radius 2 is 1.25 bits per heavy atom. The lowest BCUT2D eigenvalue weighted by Gasteiger charge is -2.22. The zero-order valence-electron chi connectivity index (χ0n) is 16.5. The molecule has 0 saturated heterocycles. The number of halogens is 2. The summed E-state index contributed by atoms with van der Waals surface area (Å²) in [6, 6.07) is 12.1. The van der Waals surface area contributed by atoms with Gasteiger partial charge in [0, 0.05) is 0 Å². The lowest BCUT2D eigenvalue weighted by Crippen LogP contribution is -2.17.